The zero-order valence-electron chi connectivity index (χ0n) is 12.0. The maximum atomic E-state index is 12.8. The van der Waals surface area contributed by atoms with Gasteiger partial charge in [-0.05, 0) is 17.7 Å². The van der Waals surface area contributed by atoms with E-state index in [9.17, 15) is 14.0 Å². The summed E-state index contributed by atoms with van der Waals surface area (Å²) in [4.78, 5) is 25.5. The fraction of sp³-hybridized carbons (Fsp3) is 0.467. The third kappa shape index (κ3) is 4.26. The van der Waals surface area contributed by atoms with Crippen LogP contribution in [-0.4, -0.2) is 43.5 Å². The molecule has 0 aliphatic carbocycles. The third-order valence-electron chi connectivity index (χ3n) is 3.53. The molecule has 1 aliphatic rings. The molecule has 5 nitrogen and oxygen atoms in total. The second-order valence-electron chi connectivity index (χ2n) is 5.08. The van der Waals surface area contributed by atoms with Crippen LogP contribution in [0.4, 0.5) is 4.39 Å². The minimum atomic E-state index is -0.324. The lowest BCUT2D eigenvalue weighted by Crippen LogP contribution is -2.33. The summed E-state index contributed by atoms with van der Waals surface area (Å²) in [6.45, 7) is 1.74. The van der Waals surface area contributed by atoms with Gasteiger partial charge in [-0.3, -0.25) is 9.59 Å². The molecule has 1 aromatic rings. The first kappa shape index (κ1) is 15.4. The van der Waals surface area contributed by atoms with Crippen LogP contribution in [0.1, 0.15) is 12.0 Å². The smallest absolute Gasteiger partial charge is 0.225 e. The predicted octanol–water partition coefficient (Wildman–Crippen LogP) is 0.937. The molecule has 1 aliphatic heterocycles. The van der Waals surface area contributed by atoms with Crippen molar-refractivity contribution in [3.05, 3.63) is 35.6 Å². The Hall–Kier alpha value is -1.95. The molecule has 2 rings (SSSR count). The van der Waals surface area contributed by atoms with E-state index in [0.717, 1.165) is 5.56 Å². The van der Waals surface area contributed by atoms with Crippen LogP contribution in [0.2, 0.25) is 0 Å². The third-order valence-corrected chi connectivity index (χ3v) is 3.53. The molecule has 2 amide bonds. The van der Waals surface area contributed by atoms with Gasteiger partial charge in [-0.25, -0.2) is 4.39 Å². The number of methoxy groups -OCH3 is 1. The second kappa shape index (κ2) is 7.17. The van der Waals surface area contributed by atoms with Crippen molar-refractivity contribution in [3.8, 4) is 0 Å². The quantitative estimate of drug-likeness (QED) is 0.849. The molecular weight excluding hydrogens is 275 g/mol. The molecule has 0 radical (unpaired) electrons. The van der Waals surface area contributed by atoms with Gasteiger partial charge in [0.25, 0.3) is 0 Å². The average Bonchev–Trinajstić information content (AvgIpc) is 2.85. The van der Waals surface area contributed by atoms with Gasteiger partial charge in [0.15, 0.2) is 0 Å². The van der Waals surface area contributed by atoms with E-state index in [1.807, 2.05) is 0 Å². The highest BCUT2D eigenvalue weighted by Gasteiger charge is 2.33. The van der Waals surface area contributed by atoms with E-state index < -0.39 is 0 Å². The summed E-state index contributed by atoms with van der Waals surface area (Å²) in [5, 5.41) is 2.79. The Labute approximate surface area is 123 Å². The lowest BCUT2D eigenvalue weighted by atomic mass is 10.1. The number of carbonyl (C=O) groups is 2. The fourth-order valence-corrected chi connectivity index (χ4v) is 2.30. The molecule has 6 heteroatoms. The highest BCUT2D eigenvalue weighted by molar-refractivity contribution is 5.89. The van der Waals surface area contributed by atoms with Crippen LogP contribution in [0.15, 0.2) is 24.3 Å². The zero-order chi connectivity index (χ0) is 15.2. The van der Waals surface area contributed by atoms with Gasteiger partial charge >= 0.3 is 0 Å². The number of hydrogen-bond acceptors (Lipinski definition) is 3. The Morgan fingerprint density at radius 1 is 1.43 bits per heavy atom. The first-order chi connectivity index (χ1) is 10.1. The van der Waals surface area contributed by atoms with Crippen molar-refractivity contribution < 1.29 is 18.7 Å². The average molecular weight is 294 g/mol. The monoisotopic (exact) mass is 294 g/mol. The number of rotatable bonds is 6. The molecule has 0 aromatic heterocycles. The summed E-state index contributed by atoms with van der Waals surface area (Å²) in [6.07, 6.45) is 0.235. The van der Waals surface area contributed by atoms with Crippen molar-refractivity contribution in [2.24, 2.45) is 5.92 Å². The van der Waals surface area contributed by atoms with Gasteiger partial charge in [-0.15, -0.1) is 0 Å². The summed E-state index contributed by atoms with van der Waals surface area (Å²) < 4.78 is 17.7. The maximum Gasteiger partial charge on any atom is 0.225 e. The molecule has 1 heterocycles. The van der Waals surface area contributed by atoms with Crippen molar-refractivity contribution in [2.75, 3.05) is 26.8 Å². The van der Waals surface area contributed by atoms with Crippen LogP contribution in [-0.2, 0) is 20.9 Å². The van der Waals surface area contributed by atoms with Gasteiger partial charge in [0, 0.05) is 33.2 Å². The summed E-state index contributed by atoms with van der Waals surface area (Å²) in [7, 11) is 1.58. The van der Waals surface area contributed by atoms with Crippen LogP contribution in [0.3, 0.4) is 0 Å². The van der Waals surface area contributed by atoms with E-state index in [1.54, 1.807) is 24.1 Å². The lowest BCUT2D eigenvalue weighted by molar-refractivity contribution is -0.129. The Kier molecular flexibility index (Phi) is 5.27. The molecule has 1 aromatic carbocycles. The van der Waals surface area contributed by atoms with Crippen molar-refractivity contribution in [1.82, 2.24) is 10.2 Å². The number of nitrogens with one attached hydrogen (secondary N) is 1. The molecular formula is C15H19FN2O3. The molecule has 1 atom stereocenters. The number of nitrogens with zero attached hydrogens (tertiary/aromatic N) is 1. The number of amides is 2. The molecule has 1 N–H and O–H groups in total. The van der Waals surface area contributed by atoms with Crippen molar-refractivity contribution >= 4 is 11.8 Å². The number of halogens is 1. The second-order valence-corrected chi connectivity index (χ2v) is 5.08. The maximum absolute atomic E-state index is 12.8. The standard InChI is InChI=1S/C15H19FN2O3/c1-21-7-6-18-10-12(8-14(18)19)15(20)17-9-11-2-4-13(16)5-3-11/h2-5,12H,6-10H2,1H3,(H,17,20)/t12-/m0/s1. The Bertz CT molecular complexity index is 504. The number of benzene rings is 1. The van der Waals surface area contributed by atoms with Gasteiger partial charge in [0.05, 0.1) is 12.5 Å². The van der Waals surface area contributed by atoms with Crippen molar-refractivity contribution in [1.29, 1.82) is 0 Å². The van der Waals surface area contributed by atoms with Gasteiger partial charge in [0.2, 0.25) is 11.8 Å². The first-order valence-electron chi connectivity index (χ1n) is 6.89. The molecule has 1 fully saturated rings. The van der Waals surface area contributed by atoms with E-state index in [0.29, 0.717) is 26.2 Å². The van der Waals surface area contributed by atoms with E-state index in [1.165, 1.54) is 12.1 Å². The minimum absolute atomic E-state index is 0.0195. The molecule has 21 heavy (non-hydrogen) atoms. The molecule has 114 valence electrons. The number of hydrogen-bond donors (Lipinski definition) is 1. The minimum Gasteiger partial charge on any atom is -0.383 e. The summed E-state index contributed by atoms with van der Waals surface area (Å²) in [6, 6.07) is 5.96. The van der Waals surface area contributed by atoms with Crippen LogP contribution in [0, 0.1) is 11.7 Å². The van der Waals surface area contributed by atoms with Crippen LogP contribution >= 0.6 is 0 Å². The van der Waals surface area contributed by atoms with Crippen LogP contribution < -0.4 is 5.32 Å². The van der Waals surface area contributed by atoms with Crippen molar-refractivity contribution in [3.63, 3.8) is 0 Å². The lowest BCUT2D eigenvalue weighted by Gasteiger charge is -2.15. The van der Waals surface area contributed by atoms with E-state index in [-0.39, 0.29) is 30.0 Å². The highest BCUT2D eigenvalue weighted by atomic mass is 19.1. The Balaban J connectivity index is 1.81. The van der Waals surface area contributed by atoms with E-state index >= 15 is 0 Å². The van der Waals surface area contributed by atoms with E-state index in [4.69, 9.17) is 4.74 Å². The van der Waals surface area contributed by atoms with Crippen LogP contribution in [0.25, 0.3) is 0 Å². The summed E-state index contributed by atoms with van der Waals surface area (Å²) in [5.74, 6) is -0.795. The Morgan fingerprint density at radius 2 is 2.14 bits per heavy atom. The molecule has 0 saturated carbocycles. The molecule has 0 bridgehead atoms. The normalized spacial score (nSPS) is 18.1. The van der Waals surface area contributed by atoms with Gasteiger partial charge < -0.3 is 15.0 Å². The Morgan fingerprint density at radius 3 is 2.81 bits per heavy atom. The SMILES string of the molecule is COCCN1C[C@@H](C(=O)NCc2ccc(F)cc2)CC1=O. The van der Waals surface area contributed by atoms with Crippen LogP contribution in [0.5, 0.6) is 0 Å². The van der Waals surface area contributed by atoms with Crippen molar-refractivity contribution in [2.45, 2.75) is 13.0 Å². The molecule has 0 unspecified atom stereocenters. The number of ether oxygens (including phenoxy) is 1. The first-order valence-corrected chi connectivity index (χ1v) is 6.89. The topological polar surface area (TPSA) is 58.6 Å². The van der Waals surface area contributed by atoms with Gasteiger partial charge in [0.1, 0.15) is 5.82 Å². The zero-order valence-corrected chi connectivity index (χ0v) is 12.0. The number of likely N-dealkylation sites (tertiary alicyclic amines) is 1. The molecule has 1 saturated heterocycles. The summed E-state index contributed by atoms with van der Waals surface area (Å²) in [5.41, 5.74) is 0.824. The summed E-state index contributed by atoms with van der Waals surface area (Å²) >= 11 is 0. The largest absolute Gasteiger partial charge is 0.383 e. The number of carbonyl (C=O) groups excluding carboxylic acids is 2. The van der Waals surface area contributed by atoms with Gasteiger partial charge in [-0.2, -0.15) is 0 Å². The molecule has 0 spiro atoms. The predicted molar refractivity (Wildman–Crippen MR) is 74.8 cm³/mol. The van der Waals surface area contributed by atoms with E-state index in [2.05, 4.69) is 5.32 Å². The van der Waals surface area contributed by atoms with Gasteiger partial charge in [-0.1, -0.05) is 12.1 Å². The highest BCUT2D eigenvalue weighted by Crippen LogP contribution is 2.17. The fourth-order valence-electron chi connectivity index (χ4n) is 2.30.